The zero-order valence-corrected chi connectivity index (χ0v) is 20.4. The molecular formula is C24H18Cl3N3O5. The molecule has 0 spiro atoms. The Bertz CT molecular complexity index is 1280. The van der Waals surface area contributed by atoms with Crippen LogP contribution in [0.3, 0.4) is 0 Å². The van der Waals surface area contributed by atoms with Crippen molar-refractivity contribution < 1.29 is 23.9 Å². The number of benzene rings is 3. The molecule has 2 N–H and O–H groups in total. The lowest BCUT2D eigenvalue weighted by Crippen LogP contribution is -2.32. The summed E-state index contributed by atoms with van der Waals surface area (Å²) >= 11 is 17.7. The maximum atomic E-state index is 12.5. The van der Waals surface area contributed by atoms with E-state index in [1.165, 1.54) is 30.5 Å². The molecule has 180 valence electrons. The topological polar surface area (TPSA) is 106 Å². The highest BCUT2D eigenvalue weighted by molar-refractivity contribution is 6.39. The molecule has 0 aliphatic carbocycles. The number of ether oxygens (including phenoxy) is 2. The van der Waals surface area contributed by atoms with Crippen LogP contribution in [0.2, 0.25) is 15.1 Å². The van der Waals surface area contributed by atoms with E-state index >= 15 is 0 Å². The second-order valence-corrected chi connectivity index (χ2v) is 8.09. The molecule has 0 heterocycles. The first-order chi connectivity index (χ1) is 16.8. The minimum Gasteiger partial charge on any atom is -0.490 e. The van der Waals surface area contributed by atoms with E-state index in [0.29, 0.717) is 27.9 Å². The molecule has 0 aliphatic heterocycles. The fourth-order valence-electron chi connectivity index (χ4n) is 2.70. The van der Waals surface area contributed by atoms with Gasteiger partial charge in [0, 0.05) is 15.7 Å². The van der Waals surface area contributed by atoms with Gasteiger partial charge in [0.25, 0.3) is 0 Å². The predicted octanol–water partition coefficient (Wildman–Crippen LogP) is 5.35. The Morgan fingerprint density at radius 3 is 2.29 bits per heavy atom. The summed E-state index contributed by atoms with van der Waals surface area (Å²) in [6, 6.07) is 15.3. The number of hydrazone groups is 1. The third-order valence-corrected chi connectivity index (χ3v) is 5.11. The molecule has 0 unspecified atom stereocenters. The molecule has 0 fully saturated rings. The molecule has 0 radical (unpaired) electrons. The summed E-state index contributed by atoms with van der Waals surface area (Å²) in [6.07, 6.45) is 1.30. The predicted molar refractivity (Wildman–Crippen MR) is 135 cm³/mol. The summed E-state index contributed by atoms with van der Waals surface area (Å²) < 4.78 is 11.0. The van der Waals surface area contributed by atoms with Crippen molar-refractivity contribution >= 4 is 64.5 Å². The largest absolute Gasteiger partial charge is 0.490 e. The van der Waals surface area contributed by atoms with E-state index in [2.05, 4.69) is 15.8 Å². The van der Waals surface area contributed by atoms with Crippen molar-refractivity contribution in [2.45, 2.75) is 6.92 Å². The number of anilines is 1. The van der Waals surface area contributed by atoms with E-state index in [9.17, 15) is 14.4 Å². The number of nitrogens with zero attached hydrogens (tertiary/aromatic N) is 1. The van der Waals surface area contributed by atoms with Crippen molar-refractivity contribution in [3.63, 3.8) is 0 Å². The first-order valence-electron chi connectivity index (χ1n) is 10.1. The van der Waals surface area contributed by atoms with Crippen molar-refractivity contribution in [3.05, 3.63) is 86.9 Å². The van der Waals surface area contributed by atoms with Crippen molar-refractivity contribution in [2.24, 2.45) is 5.10 Å². The summed E-state index contributed by atoms with van der Waals surface area (Å²) in [6.45, 7) is 2.07. The number of nitrogens with one attached hydrogen (secondary N) is 2. The van der Waals surface area contributed by atoms with Crippen LogP contribution in [0.1, 0.15) is 22.8 Å². The number of amides is 2. The van der Waals surface area contributed by atoms with Crippen molar-refractivity contribution in [3.8, 4) is 11.5 Å². The van der Waals surface area contributed by atoms with Crippen molar-refractivity contribution in [1.82, 2.24) is 5.43 Å². The van der Waals surface area contributed by atoms with Crippen LogP contribution in [0.15, 0.2) is 65.8 Å². The fourth-order valence-corrected chi connectivity index (χ4v) is 3.32. The summed E-state index contributed by atoms with van der Waals surface area (Å²) in [5.74, 6) is -2.13. The molecule has 8 nitrogen and oxygen atoms in total. The SMILES string of the molecule is CCOc1cc(/C=N\NC(=O)C(=O)Nc2ccc(Cl)cc2)ccc1OC(=O)c1ccc(Cl)cc1Cl. The fraction of sp³-hybridized carbons (Fsp3) is 0.0833. The van der Waals surface area contributed by atoms with Crippen LogP contribution in [-0.4, -0.2) is 30.6 Å². The number of esters is 1. The standard InChI is InChI=1S/C24H18Cl3N3O5/c1-2-34-21-11-14(3-10-20(21)35-24(33)18-9-6-16(26)12-19(18)27)13-28-30-23(32)22(31)29-17-7-4-15(25)5-8-17/h3-13H,2H2,1H3,(H,29,31)(H,30,32)/b28-13-. The summed E-state index contributed by atoms with van der Waals surface area (Å²) in [5, 5.41) is 7.24. The van der Waals surface area contributed by atoms with E-state index in [-0.39, 0.29) is 22.1 Å². The Morgan fingerprint density at radius 1 is 0.886 bits per heavy atom. The van der Waals surface area contributed by atoms with Crippen molar-refractivity contribution in [2.75, 3.05) is 11.9 Å². The van der Waals surface area contributed by atoms with Gasteiger partial charge in [-0.25, -0.2) is 10.2 Å². The van der Waals surface area contributed by atoms with Crippen LogP contribution < -0.4 is 20.2 Å². The minimum atomic E-state index is -0.966. The van der Waals surface area contributed by atoms with Gasteiger partial charge in [-0.2, -0.15) is 5.10 Å². The minimum absolute atomic E-state index is 0.142. The summed E-state index contributed by atoms with van der Waals surface area (Å²) in [4.78, 5) is 36.5. The highest BCUT2D eigenvalue weighted by Crippen LogP contribution is 2.30. The molecule has 11 heteroatoms. The van der Waals surface area contributed by atoms with Crippen LogP contribution in [0.5, 0.6) is 11.5 Å². The third kappa shape index (κ3) is 7.45. The molecule has 0 bridgehead atoms. The maximum absolute atomic E-state index is 12.5. The Morgan fingerprint density at radius 2 is 1.60 bits per heavy atom. The van der Waals surface area contributed by atoms with Gasteiger partial charge in [0.15, 0.2) is 11.5 Å². The second-order valence-electron chi connectivity index (χ2n) is 6.81. The van der Waals surface area contributed by atoms with Gasteiger partial charge in [0.1, 0.15) is 0 Å². The lowest BCUT2D eigenvalue weighted by Gasteiger charge is -2.12. The Kier molecular flexibility index (Phi) is 9.08. The molecule has 3 aromatic carbocycles. The van der Waals surface area contributed by atoms with Crippen LogP contribution in [0.25, 0.3) is 0 Å². The van der Waals surface area contributed by atoms with Gasteiger partial charge in [0.05, 0.1) is 23.4 Å². The monoisotopic (exact) mass is 533 g/mol. The van der Waals surface area contributed by atoms with E-state index in [1.54, 1.807) is 43.3 Å². The number of carbonyl (C=O) groups is 3. The van der Waals surface area contributed by atoms with Crippen LogP contribution in [-0.2, 0) is 9.59 Å². The van der Waals surface area contributed by atoms with Crippen LogP contribution >= 0.6 is 34.8 Å². The van der Waals surface area contributed by atoms with E-state index < -0.39 is 17.8 Å². The molecular weight excluding hydrogens is 517 g/mol. The summed E-state index contributed by atoms with van der Waals surface area (Å²) in [7, 11) is 0. The number of hydrogen-bond donors (Lipinski definition) is 2. The molecule has 0 saturated carbocycles. The van der Waals surface area contributed by atoms with Gasteiger partial charge in [0.2, 0.25) is 0 Å². The lowest BCUT2D eigenvalue weighted by molar-refractivity contribution is -0.136. The van der Waals surface area contributed by atoms with Crippen LogP contribution in [0, 0.1) is 0 Å². The maximum Gasteiger partial charge on any atom is 0.345 e. The van der Waals surface area contributed by atoms with E-state index in [1.807, 2.05) is 0 Å². The number of carbonyl (C=O) groups excluding carboxylic acids is 3. The highest BCUT2D eigenvalue weighted by Gasteiger charge is 2.17. The number of hydrogen-bond acceptors (Lipinski definition) is 6. The van der Waals surface area contributed by atoms with E-state index in [0.717, 1.165) is 0 Å². The Labute approximate surface area is 215 Å². The molecule has 3 rings (SSSR count). The molecule has 3 aromatic rings. The molecule has 0 aliphatic rings. The molecule has 35 heavy (non-hydrogen) atoms. The first-order valence-corrected chi connectivity index (χ1v) is 11.2. The van der Waals surface area contributed by atoms with Gasteiger partial charge in [-0.1, -0.05) is 34.8 Å². The van der Waals surface area contributed by atoms with Gasteiger partial charge >= 0.3 is 17.8 Å². The number of rotatable bonds is 7. The van der Waals surface area contributed by atoms with Gasteiger partial charge in [-0.3, -0.25) is 9.59 Å². The molecule has 0 saturated heterocycles. The number of halogens is 3. The first kappa shape index (κ1) is 26.0. The van der Waals surface area contributed by atoms with E-state index in [4.69, 9.17) is 44.3 Å². The van der Waals surface area contributed by atoms with Crippen LogP contribution in [0.4, 0.5) is 5.69 Å². The third-order valence-electron chi connectivity index (χ3n) is 4.31. The smallest absolute Gasteiger partial charge is 0.345 e. The lowest BCUT2D eigenvalue weighted by atomic mass is 10.2. The average Bonchev–Trinajstić information content (AvgIpc) is 2.82. The highest BCUT2D eigenvalue weighted by atomic mass is 35.5. The summed E-state index contributed by atoms with van der Waals surface area (Å²) in [5.41, 5.74) is 3.19. The average molecular weight is 535 g/mol. The quantitative estimate of drug-likeness (QED) is 0.140. The Balaban J connectivity index is 1.65. The second kappa shape index (κ2) is 12.2. The molecule has 0 atom stereocenters. The zero-order valence-electron chi connectivity index (χ0n) is 18.2. The normalized spacial score (nSPS) is 10.6. The van der Waals surface area contributed by atoms with Crippen molar-refractivity contribution in [1.29, 1.82) is 0 Å². The van der Waals surface area contributed by atoms with Gasteiger partial charge < -0.3 is 14.8 Å². The molecule has 0 aromatic heterocycles. The van der Waals surface area contributed by atoms with Gasteiger partial charge in [-0.15, -0.1) is 0 Å². The zero-order chi connectivity index (χ0) is 25.4. The molecule has 2 amide bonds. The Hall–Kier alpha value is -3.59. The van der Waals surface area contributed by atoms with Gasteiger partial charge in [-0.05, 0) is 73.2 Å².